The fraction of sp³-hybridized carbons (Fsp3) is 0.400. The largest absolute Gasteiger partial charge is 0.508 e. The Bertz CT molecular complexity index is 326. The summed E-state index contributed by atoms with van der Waals surface area (Å²) in [5.74, 6) is -0.503. The molecule has 1 aromatic rings. The van der Waals surface area contributed by atoms with Gasteiger partial charge in [0.25, 0.3) is 0 Å². The predicted molar refractivity (Wildman–Crippen MR) is 51.3 cm³/mol. The fourth-order valence-corrected chi connectivity index (χ4v) is 1.33. The maximum Gasteiger partial charge on any atom is 0.123 e. The molecule has 0 aliphatic heterocycles. The van der Waals surface area contributed by atoms with Crippen molar-refractivity contribution in [3.63, 3.8) is 0 Å². The number of aromatic hydroxyl groups is 1. The lowest BCUT2D eigenvalue weighted by Gasteiger charge is -2.25. The van der Waals surface area contributed by atoms with Gasteiger partial charge in [0.15, 0.2) is 0 Å². The minimum atomic E-state index is -0.916. The Hall–Kier alpha value is -1.13. The maximum atomic E-state index is 12.9. The first-order valence-electron chi connectivity index (χ1n) is 4.36. The van der Waals surface area contributed by atoms with Crippen LogP contribution in [0.4, 0.5) is 4.39 Å². The number of rotatable bonds is 3. The smallest absolute Gasteiger partial charge is 0.123 e. The molecule has 0 fully saturated rings. The quantitative estimate of drug-likeness (QED) is 0.682. The number of hydrogen-bond acceptors (Lipinski definition) is 3. The Kier molecular flexibility index (Phi) is 3.08. The minimum absolute atomic E-state index is 0.0511. The molecule has 0 saturated carbocycles. The molecule has 78 valence electrons. The van der Waals surface area contributed by atoms with Crippen LogP contribution < -0.4 is 5.73 Å². The van der Waals surface area contributed by atoms with Crippen LogP contribution in [0.25, 0.3) is 0 Å². The highest BCUT2D eigenvalue weighted by molar-refractivity contribution is 5.37. The Balaban J connectivity index is 3.10. The Morgan fingerprint density at radius 1 is 1.50 bits per heavy atom. The zero-order valence-electron chi connectivity index (χ0n) is 8.00. The summed E-state index contributed by atoms with van der Waals surface area (Å²) in [5, 5.41) is 18.2. The highest BCUT2D eigenvalue weighted by atomic mass is 19.1. The van der Waals surface area contributed by atoms with Gasteiger partial charge < -0.3 is 15.9 Å². The number of phenolic OH excluding ortho intramolecular Hbond substituents is 1. The van der Waals surface area contributed by atoms with E-state index in [9.17, 15) is 9.50 Å². The van der Waals surface area contributed by atoms with Gasteiger partial charge in [0.2, 0.25) is 0 Å². The van der Waals surface area contributed by atoms with E-state index in [0.717, 1.165) is 6.07 Å². The first kappa shape index (κ1) is 10.9. The van der Waals surface area contributed by atoms with Gasteiger partial charge in [0.05, 0.1) is 0 Å². The second-order valence-electron chi connectivity index (χ2n) is 3.55. The van der Waals surface area contributed by atoms with Gasteiger partial charge in [-0.3, -0.25) is 0 Å². The number of aliphatic hydroxyl groups is 1. The predicted octanol–water partition coefficient (Wildman–Crippen LogP) is 1.09. The van der Waals surface area contributed by atoms with Gasteiger partial charge in [-0.1, -0.05) is 0 Å². The van der Waals surface area contributed by atoms with Gasteiger partial charge >= 0.3 is 0 Å². The summed E-state index contributed by atoms with van der Waals surface area (Å²) in [7, 11) is 0. The number of nitrogens with two attached hydrogens (primary N) is 1. The first-order chi connectivity index (χ1) is 6.47. The molecule has 1 atom stereocenters. The van der Waals surface area contributed by atoms with Crippen molar-refractivity contribution >= 4 is 0 Å². The normalized spacial score (nSPS) is 15.1. The molecular weight excluding hydrogens is 185 g/mol. The van der Waals surface area contributed by atoms with E-state index in [1.54, 1.807) is 6.92 Å². The fourth-order valence-electron chi connectivity index (χ4n) is 1.33. The van der Waals surface area contributed by atoms with E-state index in [-0.39, 0.29) is 18.8 Å². The van der Waals surface area contributed by atoms with Crippen molar-refractivity contribution in [3.05, 3.63) is 29.6 Å². The van der Waals surface area contributed by atoms with Crippen molar-refractivity contribution in [1.82, 2.24) is 0 Å². The summed E-state index contributed by atoms with van der Waals surface area (Å²) in [6, 6.07) is 3.60. The molecule has 0 spiro atoms. The lowest BCUT2D eigenvalue weighted by Crippen LogP contribution is -2.34. The lowest BCUT2D eigenvalue weighted by atomic mass is 9.89. The third kappa shape index (κ3) is 2.21. The topological polar surface area (TPSA) is 66.5 Å². The van der Waals surface area contributed by atoms with Crippen molar-refractivity contribution in [3.8, 4) is 5.75 Å². The second kappa shape index (κ2) is 3.94. The standard InChI is InChI=1S/C10H14FNO2/c1-10(12,4-5-13)8-6-7(11)2-3-9(8)14/h2-3,6,13-14H,4-5,12H2,1H3/t10-/m0/s1. The van der Waals surface area contributed by atoms with Crippen LogP contribution in [0.15, 0.2) is 18.2 Å². The molecular formula is C10H14FNO2. The van der Waals surface area contributed by atoms with Gasteiger partial charge in [0.1, 0.15) is 11.6 Å². The van der Waals surface area contributed by atoms with E-state index < -0.39 is 11.4 Å². The second-order valence-corrected chi connectivity index (χ2v) is 3.55. The van der Waals surface area contributed by atoms with Gasteiger partial charge in [-0.25, -0.2) is 4.39 Å². The number of phenols is 1. The van der Waals surface area contributed by atoms with Crippen LogP contribution in [0.3, 0.4) is 0 Å². The molecule has 3 nitrogen and oxygen atoms in total. The summed E-state index contributed by atoms with van der Waals surface area (Å²) in [6.07, 6.45) is 0.268. The van der Waals surface area contributed by atoms with E-state index >= 15 is 0 Å². The lowest BCUT2D eigenvalue weighted by molar-refractivity contribution is 0.244. The molecule has 0 bridgehead atoms. The molecule has 4 N–H and O–H groups in total. The molecule has 0 saturated heterocycles. The van der Waals surface area contributed by atoms with Gasteiger partial charge in [-0.2, -0.15) is 0 Å². The average molecular weight is 199 g/mol. The van der Waals surface area contributed by atoms with E-state index in [1.165, 1.54) is 12.1 Å². The van der Waals surface area contributed by atoms with Crippen LogP contribution in [0, 0.1) is 5.82 Å². The monoisotopic (exact) mass is 199 g/mol. The van der Waals surface area contributed by atoms with Gasteiger partial charge in [0, 0.05) is 17.7 Å². The van der Waals surface area contributed by atoms with Gasteiger partial charge in [-0.15, -0.1) is 0 Å². The van der Waals surface area contributed by atoms with Crippen molar-refractivity contribution in [2.24, 2.45) is 5.73 Å². The SMILES string of the molecule is C[C@](N)(CCO)c1cc(F)ccc1O. The highest BCUT2D eigenvalue weighted by Crippen LogP contribution is 2.29. The molecule has 4 heteroatoms. The summed E-state index contributed by atoms with van der Waals surface area (Å²) < 4.78 is 12.9. The van der Waals surface area contributed by atoms with E-state index in [2.05, 4.69) is 0 Å². The first-order valence-corrected chi connectivity index (χ1v) is 4.36. The van der Waals surface area contributed by atoms with Crippen LogP contribution in [0.5, 0.6) is 5.75 Å². The summed E-state index contributed by atoms with van der Waals surface area (Å²) >= 11 is 0. The molecule has 0 aromatic heterocycles. The van der Waals surface area contributed by atoms with Crippen molar-refractivity contribution < 1.29 is 14.6 Å². The summed E-state index contributed by atoms with van der Waals surface area (Å²) in [6.45, 7) is 1.53. The third-order valence-electron chi connectivity index (χ3n) is 2.21. The van der Waals surface area contributed by atoms with E-state index in [4.69, 9.17) is 10.8 Å². The Labute approximate surface area is 82.0 Å². The molecule has 0 aliphatic rings. The van der Waals surface area contributed by atoms with E-state index in [1.807, 2.05) is 0 Å². The minimum Gasteiger partial charge on any atom is -0.508 e. The summed E-state index contributed by atoms with van der Waals surface area (Å²) in [5.41, 5.74) is 5.23. The van der Waals surface area contributed by atoms with Gasteiger partial charge in [-0.05, 0) is 31.5 Å². The molecule has 0 heterocycles. The van der Waals surface area contributed by atoms with Crippen molar-refractivity contribution in [2.75, 3.05) is 6.61 Å². The zero-order chi connectivity index (χ0) is 10.8. The van der Waals surface area contributed by atoms with Crippen LogP contribution >= 0.6 is 0 Å². The molecule has 0 unspecified atom stereocenters. The molecule has 1 aromatic carbocycles. The number of aliphatic hydroxyl groups excluding tert-OH is 1. The number of benzene rings is 1. The van der Waals surface area contributed by atoms with Crippen molar-refractivity contribution in [1.29, 1.82) is 0 Å². The van der Waals surface area contributed by atoms with Crippen LogP contribution in [-0.4, -0.2) is 16.8 Å². The van der Waals surface area contributed by atoms with Crippen LogP contribution in [-0.2, 0) is 5.54 Å². The van der Waals surface area contributed by atoms with Crippen molar-refractivity contribution in [2.45, 2.75) is 18.9 Å². The maximum absolute atomic E-state index is 12.9. The zero-order valence-corrected chi connectivity index (χ0v) is 8.00. The van der Waals surface area contributed by atoms with Crippen LogP contribution in [0.2, 0.25) is 0 Å². The molecule has 0 amide bonds. The number of hydrogen-bond donors (Lipinski definition) is 3. The van der Waals surface area contributed by atoms with E-state index in [0.29, 0.717) is 5.56 Å². The molecule has 0 aliphatic carbocycles. The molecule has 0 radical (unpaired) electrons. The third-order valence-corrected chi connectivity index (χ3v) is 2.21. The average Bonchev–Trinajstić information content (AvgIpc) is 2.09. The Morgan fingerprint density at radius 2 is 2.14 bits per heavy atom. The van der Waals surface area contributed by atoms with Crippen LogP contribution in [0.1, 0.15) is 18.9 Å². The molecule has 14 heavy (non-hydrogen) atoms. The Morgan fingerprint density at radius 3 is 2.71 bits per heavy atom. The number of halogens is 1. The summed E-state index contributed by atoms with van der Waals surface area (Å²) in [4.78, 5) is 0. The highest BCUT2D eigenvalue weighted by Gasteiger charge is 2.24. The molecule has 1 rings (SSSR count).